The molecular weight excluding hydrogens is 586 g/mol. The second kappa shape index (κ2) is 11.0. The van der Waals surface area contributed by atoms with E-state index in [1.165, 1.54) is 16.5 Å². The van der Waals surface area contributed by atoms with Gasteiger partial charge in [-0.05, 0) is 87.5 Å². The van der Waals surface area contributed by atoms with E-state index in [9.17, 15) is 34.8 Å². The van der Waals surface area contributed by atoms with E-state index in [-0.39, 0.29) is 29.7 Å². The molecule has 6 rings (SSSR count). The molecule has 0 radical (unpaired) electrons. The number of Topliss-reactive ketones (excluding diaryl/α,β-unsaturated/α-hetero) is 2. The van der Waals surface area contributed by atoms with Crippen molar-refractivity contribution in [2.45, 2.75) is 49.8 Å². The van der Waals surface area contributed by atoms with Gasteiger partial charge in [-0.15, -0.1) is 0 Å². The standard InChI is InChI=1S/C33H36ClN3O7/c1-36(2)27-21-13-18-12-20-24(28(39)23(18)30(41)33(21,44)31(42)25(29(27)40)32(35)43)22(38)14-19(26(20)34)15-37-10-8-17(9-11-37)16-6-4-3-5-7-16/h3-7,14,17-18,21,27,38-39,42,44H,8-13,15H2,1-2H3,(H2,35,43)/t18-,21-,27-,33-/m0/s1. The number of fused-ring (bicyclic) bond motifs is 3. The van der Waals surface area contributed by atoms with Crippen LogP contribution in [0.25, 0.3) is 5.76 Å². The molecule has 1 aliphatic heterocycles. The number of likely N-dealkylation sites (N-methyl/N-ethyl adjacent to an activating group) is 1. The number of likely N-dealkylation sites (tertiary alicyclic amines) is 1. The second-order valence-electron chi connectivity index (χ2n) is 12.6. The monoisotopic (exact) mass is 621 g/mol. The van der Waals surface area contributed by atoms with Gasteiger partial charge < -0.3 is 26.2 Å². The number of ketones is 2. The number of aliphatic hydroxyl groups is 3. The molecule has 4 atom stereocenters. The first kappa shape index (κ1) is 30.3. The highest BCUT2D eigenvalue weighted by Gasteiger charge is 2.64. The molecule has 4 aliphatic rings. The zero-order valence-electron chi connectivity index (χ0n) is 24.6. The number of nitrogens with zero attached hydrogens (tertiary/aromatic N) is 2. The molecule has 0 spiro atoms. The van der Waals surface area contributed by atoms with Crippen LogP contribution in [0.15, 0.2) is 53.3 Å². The molecule has 232 valence electrons. The third-order valence-electron chi connectivity index (χ3n) is 9.98. The fraction of sp³-hybridized carbons (Fsp3) is 0.424. The third-order valence-corrected chi connectivity index (χ3v) is 10.5. The number of piperidine rings is 1. The average Bonchev–Trinajstić information content (AvgIpc) is 2.98. The summed E-state index contributed by atoms with van der Waals surface area (Å²) in [5.74, 6) is -6.34. The molecule has 1 amide bonds. The van der Waals surface area contributed by atoms with Crippen LogP contribution in [-0.2, 0) is 27.3 Å². The topological polar surface area (TPSA) is 165 Å². The first-order valence-electron chi connectivity index (χ1n) is 14.8. The van der Waals surface area contributed by atoms with Crippen molar-refractivity contribution in [2.75, 3.05) is 27.2 Å². The van der Waals surface area contributed by atoms with Crippen molar-refractivity contribution < 1.29 is 34.8 Å². The maximum Gasteiger partial charge on any atom is 0.255 e. The van der Waals surface area contributed by atoms with E-state index in [1.807, 2.05) is 6.07 Å². The minimum Gasteiger partial charge on any atom is -0.508 e. The number of benzene rings is 2. The Balaban J connectivity index is 1.34. The Labute approximate surface area is 260 Å². The number of hydrogen-bond donors (Lipinski definition) is 5. The number of halogens is 1. The summed E-state index contributed by atoms with van der Waals surface area (Å²) in [6.45, 7) is 2.20. The van der Waals surface area contributed by atoms with E-state index < -0.39 is 58.0 Å². The summed E-state index contributed by atoms with van der Waals surface area (Å²) in [6, 6.07) is 10.8. The van der Waals surface area contributed by atoms with Crippen LogP contribution in [0.3, 0.4) is 0 Å². The lowest BCUT2D eigenvalue weighted by molar-refractivity contribution is -0.153. The molecule has 2 aromatic carbocycles. The van der Waals surface area contributed by atoms with Crippen molar-refractivity contribution in [2.24, 2.45) is 17.6 Å². The number of aromatic hydroxyl groups is 1. The van der Waals surface area contributed by atoms with E-state index in [4.69, 9.17) is 17.3 Å². The summed E-state index contributed by atoms with van der Waals surface area (Å²) in [7, 11) is 3.13. The normalized spacial score (nSPS) is 27.8. The average molecular weight is 622 g/mol. The predicted molar refractivity (Wildman–Crippen MR) is 163 cm³/mol. The van der Waals surface area contributed by atoms with Gasteiger partial charge in [-0.2, -0.15) is 0 Å². The molecule has 44 heavy (non-hydrogen) atoms. The Bertz CT molecular complexity index is 1630. The molecule has 10 nitrogen and oxygen atoms in total. The van der Waals surface area contributed by atoms with Gasteiger partial charge in [-0.25, -0.2) is 0 Å². The predicted octanol–water partition coefficient (Wildman–Crippen LogP) is 3.00. The molecule has 2 aromatic rings. The van der Waals surface area contributed by atoms with Crippen LogP contribution in [0.1, 0.15) is 47.4 Å². The number of nitrogens with two attached hydrogens (primary N) is 1. The van der Waals surface area contributed by atoms with Crippen molar-refractivity contribution in [3.63, 3.8) is 0 Å². The number of phenols is 1. The van der Waals surface area contributed by atoms with E-state index in [1.54, 1.807) is 14.1 Å². The lowest BCUT2D eigenvalue weighted by Crippen LogP contribution is -2.65. The smallest absolute Gasteiger partial charge is 0.255 e. The zero-order valence-corrected chi connectivity index (χ0v) is 25.3. The molecule has 0 unspecified atom stereocenters. The van der Waals surface area contributed by atoms with Crippen molar-refractivity contribution in [1.82, 2.24) is 9.80 Å². The first-order valence-corrected chi connectivity index (χ1v) is 15.2. The van der Waals surface area contributed by atoms with Crippen LogP contribution in [0.4, 0.5) is 0 Å². The Morgan fingerprint density at radius 1 is 1.09 bits per heavy atom. The zero-order chi connectivity index (χ0) is 31.7. The van der Waals surface area contributed by atoms with Gasteiger partial charge in [0, 0.05) is 23.1 Å². The SMILES string of the molecule is CN(C)[C@@H]1C(=O)C(C(N)=O)=C(O)[C@@]2(O)C(=O)C3=C(O)c4c(O)cc(CN5CCC(c6ccccc6)CC5)c(Cl)c4C[C@H]3C[C@@H]12. The van der Waals surface area contributed by atoms with Crippen LogP contribution < -0.4 is 5.73 Å². The molecule has 0 bridgehead atoms. The largest absolute Gasteiger partial charge is 0.508 e. The van der Waals surface area contributed by atoms with Crippen LogP contribution in [-0.4, -0.2) is 86.5 Å². The lowest BCUT2D eigenvalue weighted by atomic mass is 9.57. The molecule has 2 fully saturated rings. The molecular formula is C33H36ClN3O7. The van der Waals surface area contributed by atoms with Gasteiger partial charge in [-0.1, -0.05) is 41.9 Å². The number of carbonyl (C=O) groups excluding carboxylic acids is 3. The van der Waals surface area contributed by atoms with Crippen molar-refractivity contribution >= 4 is 34.8 Å². The highest BCUT2D eigenvalue weighted by molar-refractivity contribution is 6.32. The van der Waals surface area contributed by atoms with Gasteiger partial charge in [-0.3, -0.25) is 24.2 Å². The van der Waals surface area contributed by atoms with Crippen molar-refractivity contribution in [1.29, 1.82) is 0 Å². The van der Waals surface area contributed by atoms with Crippen molar-refractivity contribution in [3.8, 4) is 5.75 Å². The summed E-state index contributed by atoms with van der Waals surface area (Å²) < 4.78 is 0. The minimum absolute atomic E-state index is 0.00201. The van der Waals surface area contributed by atoms with Crippen LogP contribution in [0, 0.1) is 11.8 Å². The number of primary amides is 1. The Morgan fingerprint density at radius 2 is 1.75 bits per heavy atom. The fourth-order valence-electron chi connectivity index (χ4n) is 7.85. The maximum absolute atomic E-state index is 14.0. The molecule has 1 heterocycles. The number of rotatable bonds is 5. The van der Waals surface area contributed by atoms with Gasteiger partial charge in [0.2, 0.25) is 5.78 Å². The maximum atomic E-state index is 14.0. The lowest BCUT2D eigenvalue weighted by Gasteiger charge is -2.50. The van der Waals surface area contributed by atoms with Gasteiger partial charge >= 0.3 is 0 Å². The number of phenolic OH excluding ortho intramolecular Hbond substituents is 1. The summed E-state index contributed by atoms with van der Waals surface area (Å²) in [5.41, 5.74) is 4.18. The van der Waals surface area contributed by atoms with E-state index in [0.29, 0.717) is 28.6 Å². The second-order valence-corrected chi connectivity index (χ2v) is 13.0. The molecule has 3 aliphatic carbocycles. The van der Waals surface area contributed by atoms with E-state index in [2.05, 4.69) is 29.2 Å². The van der Waals surface area contributed by atoms with E-state index >= 15 is 0 Å². The van der Waals surface area contributed by atoms with Crippen LogP contribution in [0.2, 0.25) is 5.02 Å². The highest BCUT2D eigenvalue weighted by Crippen LogP contribution is 2.53. The van der Waals surface area contributed by atoms with E-state index in [0.717, 1.165) is 25.9 Å². The summed E-state index contributed by atoms with van der Waals surface area (Å²) in [5, 5.41) is 45.6. The van der Waals surface area contributed by atoms with Gasteiger partial charge in [0.15, 0.2) is 11.4 Å². The molecule has 1 saturated carbocycles. The van der Waals surface area contributed by atoms with Gasteiger partial charge in [0.05, 0.1) is 11.6 Å². The Hall–Kier alpha value is -3.70. The Kier molecular flexibility index (Phi) is 7.60. The fourth-order valence-corrected chi connectivity index (χ4v) is 8.14. The van der Waals surface area contributed by atoms with Crippen LogP contribution in [0.5, 0.6) is 5.75 Å². The number of amides is 1. The molecule has 1 saturated heterocycles. The van der Waals surface area contributed by atoms with Crippen LogP contribution >= 0.6 is 11.6 Å². The van der Waals surface area contributed by atoms with Gasteiger partial charge in [0.25, 0.3) is 5.91 Å². The summed E-state index contributed by atoms with van der Waals surface area (Å²) in [6.07, 6.45) is 2.15. The quantitative estimate of drug-likeness (QED) is 0.316. The van der Waals surface area contributed by atoms with Crippen molar-refractivity contribution in [3.05, 3.63) is 80.6 Å². The first-order chi connectivity index (χ1) is 20.9. The number of aliphatic hydroxyl groups excluding tert-OH is 2. The summed E-state index contributed by atoms with van der Waals surface area (Å²) in [4.78, 5) is 43.2. The number of hydrogen-bond acceptors (Lipinski definition) is 9. The third kappa shape index (κ3) is 4.54. The van der Waals surface area contributed by atoms with Gasteiger partial charge in [0.1, 0.15) is 22.8 Å². The molecule has 6 N–H and O–H groups in total. The molecule has 11 heteroatoms. The number of carbonyl (C=O) groups is 3. The molecule has 0 aromatic heterocycles. The summed E-state index contributed by atoms with van der Waals surface area (Å²) >= 11 is 6.95. The Morgan fingerprint density at radius 3 is 2.36 bits per heavy atom. The minimum atomic E-state index is -2.67. The highest BCUT2D eigenvalue weighted by atomic mass is 35.5.